The van der Waals surface area contributed by atoms with E-state index in [-0.39, 0.29) is 12.4 Å². The number of aliphatic hydroxyl groups excluding tert-OH is 1. The van der Waals surface area contributed by atoms with Gasteiger partial charge in [0.2, 0.25) is 0 Å². The quantitative estimate of drug-likeness (QED) is 0.499. The number of ether oxygens (including phenoxy) is 1. The largest absolute Gasteiger partial charge is 0.491 e. The van der Waals surface area contributed by atoms with Crippen LogP contribution in [0.5, 0.6) is 5.75 Å². The summed E-state index contributed by atoms with van der Waals surface area (Å²) in [4.78, 5) is 17.1. The lowest BCUT2D eigenvalue weighted by Crippen LogP contribution is -2.49. The summed E-state index contributed by atoms with van der Waals surface area (Å²) in [5.74, 6) is 0.620. The van der Waals surface area contributed by atoms with Crippen LogP contribution < -0.4 is 9.64 Å². The van der Waals surface area contributed by atoms with E-state index in [0.717, 1.165) is 36.8 Å². The molecule has 1 aliphatic heterocycles. The molecular weight excluding hydrogens is 436 g/mol. The number of hydrogen-bond donors (Lipinski definition) is 1. The number of benzene rings is 3. The van der Waals surface area contributed by atoms with Gasteiger partial charge < -0.3 is 14.7 Å². The van der Waals surface area contributed by atoms with Gasteiger partial charge in [-0.3, -0.25) is 9.69 Å². The zero-order valence-electron chi connectivity index (χ0n) is 18.8. The Labute approximate surface area is 200 Å². The average Bonchev–Trinajstić information content (AvgIpc) is 2.85. The first-order chi connectivity index (χ1) is 16.0. The molecule has 0 amide bonds. The summed E-state index contributed by atoms with van der Waals surface area (Å²) in [5.41, 5.74) is 3.56. The smallest absolute Gasteiger partial charge is 0.193 e. The van der Waals surface area contributed by atoms with Crippen LogP contribution in [0, 0.1) is 6.92 Å². The molecule has 0 saturated carbocycles. The number of carbonyl (C=O) groups excluding carboxylic acids is 1. The molecule has 5 nitrogen and oxygen atoms in total. The third-order valence-electron chi connectivity index (χ3n) is 6.02. The Morgan fingerprint density at radius 2 is 1.61 bits per heavy atom. The molecule has 172 valence electrons. The summed E-state index contributed by atoms with van der Waals surface area (Å²) >= 11 is 6.27. The number of aliphatic hydroxyl groups is 1. The summed E-state index contributed by atoms with van der Waals surface area (Å²) in [6.45, 7) is 6.36. The number of β-amino-alcohol motifs (C(OH)–C–C–N with tert-alkyl or cyclic N) is 1. The first kappa shape index (κ1) is 23.3. The van der Waals surface area contributed by atoms with E-state index >= 15 is 0 Å². The van der Waals surface area contributed by atoms with Gasteiger partial charge in [0.15, 0.2) is 5.78 Å². The molecule has 0 aromatic heterocycles. The summed E-state index contributed by atoms with van der Waals surface area (Å²) in [5, 5.41) is 11.3. The van der Waals surface area contributed by atoms with Crippen molar-refractivity contribution in [2.24, 2.45) is 0 Å². The number of hydrogen-bond acceptors (Lipinski definition) is 5. The van der Waals surface area contributed by atoms with Crippen molar-refractivity contribution in [3.05, 3.63) is 94.5 Å². The second kappa shape index (κ2) is 10.8. The highest BCUT2D eigenvalue weighted by Crippen LogP contribution is 2.27. The Balaban J connectivity index is 1.22. The van der Waals surface area contributed by atoms with Crippen LogP contribution in [0.3, 0.4) is 0 Å². The van der Waals surface area contributed by atoms with Gasteiger partial charge in [0.25, 0.3) is 0 Å². The number of halogens is 1. The standard InChI is InChI=1S/C27H29ClN2O3/c1-20-25(28)8-5-9-26(20)30-16-14-29(15-17-30)18-23(31)19-33-24-12-10-22(11-13-24)27(32)21-6-3-2-4-7-21/h2-13,23,31H,14-19H2,1H3. The minimum Gasteiger partial charge on any atom is -0.491 e. The zero-order valence-corrected chi connectivity index (χ0v) is 19.5. The Bertz CT molecular complexity index is 1060. The fraction of sp³-hybridized carbons (Fsp3) is 0.296. The van der Waals surface area contributed by atoms with E-state index in [4.69, 9.17) is 16.3 Å². The summed E-state index contributed by atoms with van der Waals surface area (Å²) in [7, 11) is 0. The molecule has 3 aromatic carbocycles. The molecule has 33 heavy (non-hydrogen) atoms. The molecule has 1 N–H and O–H groups in total. The highest BCUT2D eigenvalue weighted by Gasteiger charge is 2.21. The molecule has 1 saturated heterocycles. The van der Waals surface area contributed by atoms with Gasteiger partial charge in [-0.25, -0.2) is 0 Å². The minimum atomic E-state index is -0.588. The van der Waals surface area contributed by atoms with Gasteiger partial charge in [0.1, 0.15) is 18.5 Å². The van der Waals surface area contributed by atoms with Crippen LogP contribution in [-0.2, 0) is 0 Å². The van der Waals surface area contributed by atoms with Gasteiger partial charge in [-0.1, -0.05) is 48.0 Å². The van der Waals surface area contributed by atoms with Crippen molar-refractivity contribution in [2.45, 2.75) is 13.0 Å². The number of anilines is 1. The molecule has 0 radical (unpaired) electrons. The first-order valence-corrected chi connectivity index (χ1v) is 11.6. The van der Waals surface area contributed by atoms with Crippen LogP contribution in [0.15, 0.2) is 72.8 Å². The summed E-state index contributed by atoms with van der Waals surface area (Å²) in [6.07, 6.45) is -0.588. The monoisotopic (exact) mass is 464 g/mol. The average molecular weight is 465 g/mol. The normalized spacial score (nSPS) is 15.3. The van der Waals surface area contributed by atoms with Gasteiger partial charge in [-0.15, -0.1) is 0 Å². The Kier molecular flexibility index (Phi) is 7.65. The second-order valence-electron chi connectivity index (χ2n) is 8.36. The lowest BCUT2D eigenvalue weighted by molar-refractivity contribution is 0.0663. The third-order valence-corrected chi connectivity index (χ3v) is 6.43. The predicted molar refractivity (Wildman–Crippen MR) is 133 cm³/mol. The molecule has 0 aliphatic carbocycles. The molecule has 1 fully saturated rings. The molecule has 0 spiro atoms. The Hall–Kier alpha value is -2.86. The van der Waals surface area contributed by atoms with Crippen molar-refractivity contribution in [1.82, 2.24) is 4.90 Å². The van der Waals surface area contributed by atoms with Crippen LogP contribution in [0.1, 0.15) is 21.5 Å². The molecule has 0 bridgehead atoms. The summed E-state index contributed by atoms with van der Waals surface area (Å²) < 4.78 is 5.76. The van der Waals surface area contributed by atoms with Crippen LogP contribution in [0.2, 0.25) is 5.02 Å². The van der Waals surface area contributed by atoms with Crippen molar-refractivity contribution in [3.8, 4) is 5.75 Å². The lowest BCUT2D eigenvalue weighted by Gasteiger charge is -2.37. The molecule has 1 unspecified atom stereocenters. The molecule has 1 heterocycles. The van der Waals surface area contributed by atoms with Gasteiger partial charge in [0, 0.05) is 54.6 Å². The highest BCUT2D eigenvalue weighted by molar-refractivity contribution is 6.31. The zero-order chi connectivity index (χ0) is 23.2. The first-order valence-electron chi connectivity index (χ1n) is 11.2. The maximum Gasteiger partial charge on any atom is 0.193 e. The van der Waals surface area contributed by atoms with Crippen LogP contribution in [-0.4, -0.2) is 61.2 Å². The minimum absolute atomic E-state index is 0.0192. The van der Waals surface area contributed by atoms with Gasteiger partial charge in [-0.2, -0.15) is 0 Å². The van der Waals surface area contributed by atoms with Crippen LogP contribution in [0.25, 0.3) is 0 Å². The molecule has 1 atom stereocenters. The van der Waals surface area contributed by atoms with Crippen molar-refractivity contribution < 1.29 is 14.6 Å². The fourth-order valence-electron chi connectivity index (χ4n) is 4.11. The van der Waals surface area contributed by atoms with E-state index in [0.29, 0.717) is 23.4 Å². The predicted octanol–water partition coefficient (Wildman–Crippen LogP) is 4.44. The van der Waals surface area contributed by atoms with Crippen molar-refractivity contribution in [1.29, 1.82) is 0 Å². The van der Waals surface area contributed by atoms with Gasteiger partial charge >= 0.3 is 0 Å². The molecule has 4 rings (SSSR count). The maximum absolute atomic E-state index is 12.5. The topological polar surface area (TPSA) is 53.0 Å². The SMILES string of the molecule is Cc1c(Cl)cccc1N1CCN(CC(O)COc2ccc(C(=O)c3ccccc3)cc2)CC1. The van der Waals surface area contributed by atoms with Gasteiger partial charge in [-0.05, 0) is 48.9 Å². The van der Waals surface area contributed by atoms with Crippen molar-refractivity contribution >= 4 is 23.1 Å². The Morgan fingerprint density at radius 1 is 0.939 bits per heavy atom. The van der Waals surface area contributed by atoms with Crippen LogP contribution >= 0.6 is 11.6 Å². The van der Waals surface area contributed by atoms with E-state index in [1.807, 2.05) is 30.3 Å². The molecular formula is C27H29ClN2O3. The summed E-state index contributed by atoms with van der Waals surface area (Å²) in [6, 6.07) is 22.3. The third kappa shape index (κ3) is 5.93. The fourth-order valence-corrected chi connectivity index (χ4v) is 4.28. The molecule has 1 aliphatic rings. The van der Waals surface area contributed by atoms with E-state index in [1.165, 1.54) is 5.69 Å². The number of rotatable bonds is 8. The van der Waals surface area contributed by atoms with Gasteiger partial charge in [0.05, 0.1) is 0 Å². The van der Waals surface area contributed by atoms with E-state index in [2.05, 4.69) is 22.8 Å². The lowest BCUT2D eigenvalue weighted by atomic mass is 10.0. The number of piperazine rings is 1. The number of ketones is 1. The maximum atomic E-state index is 12.5. The van der Waals surface area contributed by atoms with E-state index in [9.17, 15) is 9.90 Å². The second-order valence-corrected chi connectivity index (χ2v) is 8.76. The van der Waals surface area contributed by atoms with Crippen LogP contribution in [0.4, 0.5) is 5.69 Å². The molecule has 6 heteroatoms. The van der Waals surface area contributed by atoms with Crippen molar-refractivity contribution in [2.75, 3.05) is 44.2 Å². The highest BCUT2D eigenvalue weighted by atomic mass is 35.5. The van der Waals surface area contributed by atoms with E-state index in [1.54, 1.807) is 36.4 Å². The Morgan fingerprint density at radius 3 is 2.30 bits per heavy atom. The number of nitrogens with zero attached hydrogens (tertiary/aromatic N) is 2. The molecule has 3 aromatic rings. The van der Waals surface area contributed by atoms with E-state index < -0.39 is 6.10 Å². The van der Waals surface area contributed by atoms with Crippen molar-refractivity contribution in [3.63, 3.8) is 0 Å². The number of carbonyl (C=O) groups is 1.